The lowest BCUT2D eigenvalue weighted by Gasteiger charge is -2.40. The monoisotopic (exact) mass is 346 g/mol. The van der Waals surface area contributed by atoms with E-state index >= 15 is 0 Å². The first-order chi connectivity index (χ1) is 11.9. The van der Waals surface area contributed by atoms with Gasteiger partial charge in [0.25, 0.3) is 0 Å². The summed E-state index contributed by atoms with van der Waals surface area (Å²) in [6.07, 6.45) is 0.420. The van der Waals surface area contributed by atoms with Crippen LogP contribution >= 0.6 is 0 Å². The fourth-order valence-electron chi connectivity index (χ4n) is 2.82. The van der Waals surface area contributed by atoms with Gasteiger partial charge in [0.2, 0.25) is 0 Å². The smallest absolute Gasteiger partial charge is 0.113 e. The summed E-state index contributed by atoms with van der Waals surface area (Å²) in [6.45, 7) is 5.43. The minimum absolute atomic E-state index is 0.450. The Morgan fingerprint density at radius 3 is 2.44 bits per heavy atom. The Bertz CT molecular complexity index is 620. The van der Waals surface area contributed by atoms with E-state index in [1.165, 1.54) is 5.56 Å². The van der Waals surface area contributed by atoms with Crippen molar-refractivity contribution in [2.45, 2.75) is 43.9 Å². The molecule has 0 amide bonds. The van der Waals surface area contributed by atoms with E-state index in [9.17, 15) is 20.4 Å². The predicted octanol–water partition coefficient (Wildman–Crippen LogP) is 1.13. The molecule has 0 spiro atoms. The van der Waals surface area contributed by atoms with E-state index in [1.807, 2.05) is 37.3 Å². The summed E-state index contributed by atoms with van der Waals surface area (Å²) in [4.78, 5) is 0. The van der Waals surface area contributed by atoms with Crippen LogP contribution in [0.2, 0.25) is 0 Å². The Labute approximate surface area is 148 Å². The third kappa shape index (κ3) is 5.11. The SMILES string of the molecule is C=C(/C=C\C=C(/C)Cc1ccccc1)[C@@H]1O[C@H](CO)[C@@H](O)[C@H](O)[C@H]1O. The van der Waals surface area contributed by atoms with Crippen LogP contribution in [0.1, 0.15) is 12.5 Å². The van der Waals surface area contributed by atoms with Gasteiger partial charge in [0.15, 0.2) is 0 Å². The molecule has 25 heavy (non-hydrogen) atoms. The first kappa shape index (κ1) is 19.6. The average molecular weight is 346 g/mol. The highest BCUT2D eigenvalue weighted by Crippen LogP contribution is 2.25. The fraction of sp³-hybridized carbons (Fsp3) is 0.400. The highest BCUT2D eigenvalue weighted by atomic mass is 16.5. The number of aliphatic hydroxyl groups is 4. The molecule has 1 saturated heterocycles. The molecule has 0 radical (unpaired) electrons. The minimum atomic E-state index is -1.39. The summed E-state index contributed by atoms with van der Waals surface area (Å²) in [5.41, 5.74) is 2.84. The number of aliphatic hydroxyl groups excluding tert-OH is 4. The molecule has 0 aromatic heterocycles. The fourth-order valence-corrected chi connectivity index (χ4v) is 2.82. The molecule has 0 saturated carbocycles. The second kappa shape index (κ2) is 9.08. The predicted molar refractivity (Wildman–Crippen MR) is 96.0 cm³/mol. The summed E-state index contributed by atoms with van der Waals surface area (Å²) in [7, 11) is 0. The van der Waals surface area contributed by atoms with Gasteiger partial charge < -0.3 is 25.2 Å². The molecule has 1 aliphatic heterocycles. The van der Waals surface area contributed by atoms with E-state index in [4.69, 9.17) is 4.74 Å². The van der Waals surface area contributed by atoms with Gasteiger partial charge in [0.05, 0.1) is 6.61 Å². The lowest BCUT2D eigenvalue weighted by Crippen LogP contribution is -2.58. The van der Waals surface area contributed by atoms with E-state index in [0.717, 1.165) is 12.0 Å². The minimum Gasteiger partial charge on any atom is -0.394 e. The molecule has 2 rings (SSSR count). The molecule has 5 nitrogen and oxygen atoms in total. The van der Waals surface area contributed by atoms with Crippen LogP contribution in [0.25, 0.3) is 0 Å². The maximum atomic E-state index is 10.1. The van der Waals surface area contributed by atoms with Crippen molar-refractivity contribution >= 4 is 0 Å². The maximum Gasteiger partial charge on any atom is 0.113 e. The van der Waals surface area contributed by atoms with Gasteiger partial charge in [-0.1, -0.05) is 60.7 Å². The number of ether oxygens (including phenoxy) is 1. The van der Waals surface area contributed by atoms with Gasteiger partial charge in [-0.15, -0.1) is 0 Å². The molecule has 0 bridgehead atoms. The molecule has 5 heteroatoms. The third-order valence-corrected chi connectivity index (χ3v) is 4.27. The average Bonchev–Trinajstić information content (AvgIpc) is 2.60. The van der Waals surface area contributed by atoms with Gasteiger partial charge in [-0.05, 0) is 24.5 Å². The first-order valence-corrected chi connectivity index (χ1v) is 8.31. The summed E-state index contributed by atoms with van der Waals surface area (Å²) < 4.78 is 5.46. The van der Waals surface area contributed by atoms with E-state index in [-0.39, 0.29) is 0 Å². The second-order valence-electron chi connectivity index (χ2n) is 6.36. The highest BCUT2D eigenvalue weighted by Gasteiger charge is 2.43. The Kier molecular flexibility index (Phi) is 7.11. The number of hydrogen-bond acceptors (Lipinski definition) is 5. The standard InChI is InChI=1S/C20H26O5/c1-13(11-15-9-4-3-5-10-15)7-6-8-14(2)20-19(24)18(23)17(22)16(12-21)25-20/h3-10,16-24H,2,11-12H2,1H3/b8-6-,13-7+/t16-,17-,18+,19-,20+/m1/s1. The first-order valence-electron chi connectivity index (χ1n) is 8.31. The zero-order valence-electron chi connectivity index (χ0n) is 14.3. The van der Waals surface area contributed by atoms with Crippen molar-refractivity contribution in [3.63, 3.8) is 0 Å². The molecule has 5 atom stereocenters. The van der Waals surface area contributed by atoms with Crippen LogP contribution in [0.5, 0.6) is 0 Å². The van der Waals surface area contributed by atoms with Crippen LogP contribution < -0.4 is 0 Å². The van der Waals surface area contributed by atoms with Crippen LogP contribution in [-0.2, 0) is 11.2 Å². The van der Waals surface area contributed by atoms with Gasteiger partial charge in [0, 0.05) is 0 Å². The Balaban J connectivity index is 1.98. The molecule has 4 N–H and O–H groups in total. The molecule has 1 aliphatic rings. The number of benzene rings is 1. The van der Waals surface area contributed by atoms with Crippen molar-refractivity contribution in [3.8, 4) is 0 Å². The zero-order chi connectivity index (χ0) is 18.4. The van der Waals surface area contributed by atoms with Crippen molar-refractivity contribution in [1.29, 1.82) is 0 Å². The van der Waals surface area contributed by atoms with E-state index in [2.05, 4.69) is 18.7 Å². The quantitative estimate of drug-likeness (QED) is 0.580. The Morgan fingerprint density at radius 1 is 1.12 bits per heavy atom. The Hall–Kier alpha value is -1.76. The van der Waals surface area contributed by atoms with Gasteiger partial charge in [-0.25, -0.2) is 0 Å². The summed E-state index contributed by atoms with van der Waals surface area (Å²) in [6, 6.07) is 10.1. The molecule has 1 fully saturated rings. The maximum absolute atomic E-state index is 10.1. The van der Waals surface area contributed by atoms with Crippen LogP contribution in [0.4, 0.5) is 0 Å². The van der Waals surface area contributed by atoms with Crippen LogP contribution in [0, 0.1) is 0 Å². The summed E-state index contributed by atoms with van der Waals surface area (Å²) >= 11 is 0. The number of rotatable bonds is 6. The van der Waals surface area contributed by atoms with Crippen molar-refractivity contribution in [3.05, 3.63) is 71.8 Å². The Morgan fingerprint density at radius 2 is 1.80 bits per heavy atom. The number of hydrogen-bond donors (Lipinski definition) is 4. The van der Waals surface area contributed by atoms with Gasteiger partial charge in [0.1, 0.15) is 30.5 Å². The lowest BCUT2D eigenvalue weighted by molar-refractivity contribution is -0.218. The molecule has 1 aromatic carbocycles. The van der Waals surface area contributed by atoms with Gasteiger partial charge in [-0.3, -0.25) is 0 Å². The van der Waals surface area contributed by atoms with E-state index < -0.39 is 37.1 Å². The molecular weight excluding hydrogens is 320 g/mol. The second-order valence-corrected chi connectivity index (χ2v) is 6.36. The number of allylic oxidation sites excluding steroid dienone is 3. The summed E-state index contributed by atoms with van der Waals surface area (Å²) in [5.74, 6) is 0. The normalized spacial score (nSPS) is 30.6. The van der Waals surface area contributed by atoms with Crippen molar-refractivity contribution < 1.29 is 25.2 Å². The summed E-state index contributed by atoms with van der Waals surface area (Å²) in [5, 5.41) is 38.9. The lowest BCUT2D eigenvalue weighted by atomic mass is 9.91. The van der Waals surface area contributed by atoms with Crippen LogP contribution in [0.15, 0.2) is 66.3 Å². The zero-order valence-corrected chi connectivity index (χ0v) is 14.3. The van der Waals surface area contributed by atoms with E-state index in [1.54, 1.807) is 6.08 Å². The molecule has 0 aliphatic carbocycles. The third-order valence-electron chi connectivity index (χ3n) is 4.27. The highest BCUT2D eigenvalue weighted by molar-refractivity contribution is 5.28. The van der Waals surface area contributed by atoms with E-state index in [0.29, 0.717) is 5.57 Å². The van der Waals surface area contributed by atoms with Crippen molar-refractivity contribution in [2.75, 3.05) is 6.61 Å². The van der Waals surface area contributed by atoms with Crippen LogP contribution in [-0.4, -0.2) is 57.6 Å². The molecule has 1 aromatic rings. The van der Waals surface area contributed by atoms with Crippen molar-refractivity contribution in [2.24, 2.45) is 0 Å². The molecule has 0 unspecified atom stereocenters. The van der Waals surface area contributed by atoms with Crippen LogP contribution in [0.3, 0.4) is 0 Å². The molecular formula is C20H26O5. The largest absolute Gasteiger partial charge is 0.394 e. The topological polar surface area (TPSA) is 90.2 Å². The van der Waals surface area contributed by atoms with Crippen molar-refractivity contribution in [1.82, 2.24) is 0 Å². The van der Waals surface area contributed by atoms with Gasteiger partial charge >= 0.3 is 0 Å². The van der Waals surface area contributed by atoms with Gasteiger partial charge in [-0.2, -0.15) is 0 Å². The molecule has 136 valence electrons. The molecule has 1 heterocycles.